The van der Waals surface area contributed by atoms with Crippen molar-refractivity contribution < 1.29 is 19.1 Å². The summed E-state index contributed by atoms with van der Waals surface area (Å²) in [6.07, 6.45) is 3.93. The van der Waals surface area contributed by atoms with Crippen LogP contribution in [0, 0.1) is 12.8 Å². The highest BCUT2D eigenvalue weighted by Crippen LogP contribution is 2.31. The zero-order valence-electron chi connectivity index (χ0n) is 14.6. The van der Waals surface area contributed by atoms with Crippen LogP contribution in [0.3, 0.4) is 0 Å². The molecular weight excluding hydrogens is 354 g/mol. The first-order chi connectivity index (χ1) is 12.4. The van der Waals surface area contributed by atoms with Gasteiger partial charge in [-0.15, -0.1) is 0 Å². The predicted molar refractivity (Wildman–Crippen MR) is 103 cm³/mol. The number of esters is 1. The molecule has 26 heavy (non-hydrogen) atoms. The summed E-state index contributed by atoms with van der Waals surface area (Å²) < 4.78 is 4.69. The van der Waals surface area contributed by atoms with Crippen molar-refractivity contribution in [2.24, 2.45) is 5.92 Å². The van der Waals surface area contributed by atoms with E-state index in [0.717, 1.165) is 30.6 Å². The molecule has 0 aliphatic heterocycles. The standard InChI is InChI=1S/C18H21N3O4S/c1-3-25-16(23)10-9-15(22)21-18(26)20-14-6-4-5-13(11(14)2)19-17(24)12-7-8-12/h4-6,9-10,12H,3,7-8H2,1-2H3,(H,19,24)(H2,20,21,22,26)/b10-9+. The highest BCUT2D eigenvalue weighted by Gasteiger charge is 2.29. The van der Waals surface area contributed by atoms with Crippen molar-refractivity contribution in [1.29, 1.82) is 0 Å². The Morgan fingerprint density at radius 3 is 2.46 bits per heavy atom. The van der Waals surface area contributed by atoms with Gasteiger partial charge in [0.15, 0.2) is 5.11 Å². The summed E-state index contributed by atoms with van der Waals surface area (Å²) in [5.74, 6) is -1.02. The minimum Gasteiger partial charge on any atom is -0.463 e. The van der Waals surface area contributed by atoms with Crippen LogP contribution in [0.4, 0.5) is 11.4 Å². The van der Waals surface area contributed by atoms with Crippen molar-refractivity contribution in [3.05, 3.63) is 35.9 Å². The maximum atomic E-state index is 11.9. The maximum Gasteiger partial charge on any atom is 0.330 e. The monoisotopic (exact) mass is 375 g/mol. The number of carbonyl (C=O) groups excluding carboxylic acids is 3. The lowest BCUT2D eigenvalue weighted by molar-refractivity contribution is -0.137. The number of amides is 2. The molecule has 8 heteroatoms. The van der Waals surface area contributed by atoms with E-state index in [0.29, 0.717) is 11.4 Å². The second-order valence-corrected chi connectivity index (χ2v) is 6.18. The Bertz CT molecular complexity index is 757. The molecule has 0 bridgehead atoms. The second-order valence-electron chi connectivity index (χ2n) is 5.77. The van der Waals surface area contributed by atoms with E-state index in [-0.39, 0.29) is 23.5 Å². The van der Waals surface area contributed by atoms with E-state index in [1.807, 2.05) is 13.0 Å². The Labute approximate surface area is 157 Å². The molecule has 1 fully saturated rings. The van der Waals surface area contributed by atoms with Crippen LogP contribution in [0.2, 0.25) is 0 Å². The first kappa shape index (κ1) is 19.6. The van der Waals surface area contributed by atoms with E-state index < -0.39 is 11.9 Å². The van der Waals surface area contributed by atoms with E-state index >= 15 is 0 Å². The Balaban J connectivity index is 1.92. The number of carbonyl (C=O) groups is 3. The largest absolute Gasteiger partial charge is 0.463 e. The SMILES string of the molecule is CCOC(=O)/C=C/C(=O)NC(=S)Nc1cccc(NC(=O)C2CC2)c1C. The van der Waals surface area contributed by atoms with Crippen LogP contribution < -0.4 is 16.0 Å². The summed E-state index contributed by atoms with van der Waals surface area (Å²) in [6, 6.07) is 5.38. The molecule has 0 aromatic heterocycles. The molecule has 2 amide bonds. The number of rotatable bonds is 6. The summed E-state index contributed by atoms with van der Waals surface area (Å²) in [7, 11) is 0. The van der Waals surface area contributed by atoms with Gasteiger partial charge in [-0.25, -0.2) is 4.79 Å². The van der Waals surface area contributed by atoms with Crippen LogP contribution >= 0.6 is 12.2 Å². The fraction of sp³-hybridized carbons (Fsp3) is 0.333. The lowest BCUT2D eigenvalue weighted by atomic mass is 10.1. The van der Waals surface area contributed by atoms with Gasteiger partial charge in [0.2, 0.25) is 11.8 Å². The molecule has 1 aliphatic carbocycles. The predicted octanol–water partition coefficient (Wildman–Crippen LogP) is 2.28. The Morgan fingerprint density at radius 1 is 1.19 bits per heavy atom. The summed E-state index contributed by atoms with van der Waals surface area (Å²) in [5, 5.41) is 8.33. The lowest BCUT2D eigenvalue weighted by Gasteiger charge is -2.14. The van der Waals surface area contributed by atoms with Gasteiger partial charge in [-0.3, -0.25) is 14.9 Å². The maximum absolute atomic E-state index is 11.9. The van der Waals surface area contributed by atoms with Gasteiger partial charge >= 0.3 is 5.97 Å². The summed E-state index contributed by atoms with van der Waals surface area (Å²) >= 11 is 5.11. The van der Waals surface area contributed by atoms with Crippen LogP contribution in [0.1, 0.15) is 25.3 Å². The van der Waals surface area contributed by atoms with Gasteiger partial charge in [0, 0.05) is 29.4 Å². The molecule has 1 aromatic rings. The summed E-state index contributed by atoms with van der Waals surface area (Å²) in [5.41, 5.74) is 2.17. The molecule has 0 unspecified atom stereocenters. The zero-order chi connectivity index (χ0) is 19.1. The van der Waals surface area contributed by atoms with Gasteiger partial charge in [0.25, 0.3) is 0 Å². The molecule has 0 radical (unpaired) electrons. The molecule has 0 saturated heterocycles. The summed E-state index contributed by atoms with van der Waals surface area (Å²) in [4.78, 5) is 34.8. The lowest BCUT2D eigenvalue weighted by Crippen LogP contribution is -2.33. The number of hydrogen-bond acceptors (Lipinski definition) is 5. The van der Waals surface area contributed by atoms with Crippen LogP contribution in [-0.2, 0) is 19.1 Å². The quantitative estimate of drug-likeness (QED) is 0.401. The van der Waals surface area contributed by atoms with Gasteiger partial charge in [-0.05, 0) is 56.6 Å². The van der Waals surface area contributed by atoms with Crippen LogP contribution in [-0.4, -0.2) is 29.5 Å². The molecule has 3 N–H and O–H groups in total. The molecule has 0 spiro atoms. The van der Waals surface area contributed by atoms with E-state index in [1.54, 1.807) is 19.1 Å². The highest BCUT2D eigenvalue weighted by atomic mass is 32.1. The molecule has 138 valence electrons. The fourth-order valence-electron chi connectivity index (χ4n) is 2.13. The number of ether oxygens (including phenoxy) is 1. The van der Waals surface area contributed by atoms with E-state index in [2.05, 4.69) is 20.7 Å². The normalized spacial score (nSPS) is 13.2. The Kier molecular flexibility index (Phi) is 6.85. The molecule has 2 rings (SSSR count). The number of benzene rings is 1. The van der Waals surface area contributed by atoms with Crippen molar-refractivity contribution in [2.45, 2.75) is 26.7 Å². The van der Waals surface area contributed by atoms with Crippen LogP contribution in [0.15, 0.2) is 30.4 Å². The van der Waals surface area contributed by atoms with E-state index in [9.17, 15) is 14.4 Å². The topological polar surface area (TPSA) is 96.5 Å². The minimum absolute atomic E-state index is 0.0187. The second kappa shape index (κ2) is 9.10. The third-order valence-corrected chi connectivity index (χ3v) is 3.89. The van der Waals surface area contributed by atoms with Crippen LogP contribution in [0.5, 0.6) is 0 Å². The average molecular weight is 375 g/mol. The number of thiocarbonyl (C=S) groups is 1. The first-order valence-corrected chi connectivity index (χ1v) is 8.68. The van der Waals surface area contributed by atoms with E-state index in [4.69, 9.17) is 12.2 Å². The van der Waals surface area contributed by atoms with Crippen molar-refractivity contribution in [3.63, 3.8) is 0 Å². The van der Waals surface area contributed by atoms with Crippen LogP contribution in [0.25, 0.3) is 0 Å². The molecule has 1 aromatic carbocycles. The van der Waals surface area contributed by atoms with E-state index in [1.165, 1.54) is 0 Å². The number of nitrogens with one attached hydrogen (secondary N) is 3. The van der Waals surface area contributed by atoms with Gasteiger partial charge in [-0.2, -0.15) is 0 Å². The Morgan fingerprint density at radius 2 is 1.85 bits per heavy atom. The minimum atomic E-state index is -0.600. The molecule has 1 aliphatic rings. The molecule has 0 heterocycles. The highest BCUT2D eigenvalue weighted by molar-refractivity contribution is 7.80. The Hall–Kier alpha value is -2.74. The molecule has 1 saturated carbocycles. The first-order valence-electron chi connectivity index (χ1n) is 8.28. The van der Waals surface area contributed by atoms with Crippen molar-refractivity contribution in [2.75, 3.05) is 17.2 Å². The smallest absolute Gasteiger partial charge is 0.330 e. The summed E-state index contributed by atoms with van der Waals surface area (Å²) in [6.45, 7) is 3.75. The number of hydrogen-bond donors (Lipinski definition) is 3. The van der Waals surface area contributed by atoms with Crippen molar-refractivity contribution in [1.82, 2.24) is 5.32 Å². The number of anilines is 2. The van der Waals surface area contributed by atoms with Crippen molar-refractivity contribution in [3.8, 4) is 0 Å². The molecular formula is C18H21N3O4S. The molecule has 7 nitrogen and oxygen atoms in total. The van der Waals surface area contributed by atoms with Gasteiger partial charge in [-0.1, -0.05) is 6.07 Å². The zero-order valence-corrected chi connectivity index (χ0v) is 15.4. The third-order valence-electron chi connectivity index (χ3n) is 3.68. The molecule has 0 atom stereocenters. The van der Waals surface area contributed by atoms with Gasteiger partial charge in [0.1, 0.15) is 0 Å². The average Bonchev–Trinajstić information content (AvgIpc) is 3.42. The fourth-order valence-corrected chi connectivity index (χ4v) is 2.34. The van der Waals surface area contributed by atoms with Gasteiger partial charge in [0.05, 0.1) is 6.61 Å². The van der Waals surface area contributed by atoms with Crippen molar-refractivity contribution >= 4 is 46.5 Å². The third kappa shape index (κ3) is 5.96. The van der Waals surface area contributed by atoms with Gasteiger partial charge < -0.3 is 15.4 Å².